The monoisotopic (exact) mass is 248 g/mol. The molecule has 0 bridgehead atoms. The molecular formula is C15H24N2O. The lowest BCUT2D eigenvalue weighted by Crippen LogP contribution is -2.40. The van der Waals surface area contributed by atoms with Gasteiger partial charge in [-0.3, -0.25) is 4.90 Å². The Bertz CT molecular complexity index is 377. The Hall–Kier alpha value is -0.900. The Kier molecular flexibility index (Phi) is 4.05. The van der Waals surface area contributed by atoms with Gasteiger partial charge in [-0.25, -0.2) is 0 Å². The van der Waals surface area contributed by atoms with E-state index in [2.05, 4.69) is 11.8 Å². The van der Waals surface area contributed by atoms with Crippen LogP contribution in [0.4, 0.5) is 0 Å². The Labute approximate surface area is 110 Å². The molecule has 1 heterocycles. The van der Waals surface area contributed by atoms with Crippen molar-refractivity contribution in [2.75, 3.05) is 19.6 Å². The predicted molar refractivity (Wildman–Crippen MR) is 74.2 cm³/mol. The van der Waals surface area contributed by atoms with Gasteiger partial charge in [-0.2, -0.15) is 0 Å². The Morgan fingerprint density at radius 2 is 2.06 bits per heavy atom. The van der Waals surface area contributed by atoms with Crippen molar-refractivity contribution in [3.05, 3.63) is 35.9 Å². The minimum Gasteiger partial charge on any atom is -0.384 e. The first kappa shape index (κ1) is 13.5. The van der Waals surface area contributed by atoms with Gasteiger partial charge in [-0.15, -0.1) is 0 Å². The number of hydrogen-bond acceptors (Lipinski definition) is 3. The van der Waals surface area contributed by atoms with E-state index in [-0.39, 0.29) is 0 Å². The van der Waals surface area contributed by atoms with E-state index in [1.165, 1.54) is 0 Å². The number of nitrogens with two attached hydrogens (primary N) is 1. The third-order valence-corrected chi connectivity index (χ3v) is 4.03. The molecular weight excluding hydrogens is 224 g/mol. The summed E-state index contributed by atoms with van der Waals surface area (Å²) in [5.41, 5.74) is 5.93. The van der Waals surface area contributed by atoms with Crippen molar-refractivity contribution < 1.29 is 5.11 Å². The smallest absolute Gasteiger partial charge is 0.0994 e. The summed E-state index contributed by atoms with van der Waals surface area (Å²) in [5, 5.41) is 10.7. The maximum atomic E-state index is 10.7. The van der Waals surface area contributed by atoms with Crippen LogP contribution in [0.5, 0.6) is 0 Å². The molecule has 0 spiro atoms. The minimum absolute atomic E-state index is 0.508. The molecule has 0 aliphatic carbocycles. The molecule has 0 aromatic heterocycles. The molecule has 3 nitrogen and oxygen atoms in total. The van der Waals surface area contributed by atoms with Gasteiger partial charge < -0.3 is 10.8 Å². The highest BCUT2D eigenvalue weighted by atomic mass is 16.3. The molecule has 1 aromatic rings. The van der Waals surface area contributed by atoms with Crippen LogP contribution in [0.2, 0.25) is 0 Å². The fraction of sp³-hybridized carbons (Fsp3) is 0.600. The topological polar surface area (TPSA) is 49.5 Å². The van der Waals surface area contributed by atoms with Gasteiger partial charge in [0.2, 0.25) is 0 Å². The highest BCUT2D eigenvalue weighted by Gasteiger charge is 2.34. The number of nitrogens with zero attached hydrogens (tertiary/aromatic N) is 1. The maximum absolute atomic E-state index is 10.7. The molecule has 100 valence electrons. The molecule has 0 radical (unpaired) electrons. The molecule has 1 fully saturated rings. The molecule has 3 atom stereocenters. The lowest BCUT2D eigenvalue weighted by molar-refractivity contribution is 0.0131. The summed E-state index contributed by atoms with van der Waals surface area (Å²) in [5.74, 6) is 0.576. The van der Waals surface area contributed by atoms with E-state index in [9.17, 15) is 5.11 Å². The summed E-state index contributed by atoms with van der Waals surface area (Å²) in [6.45, 7) is 6.53. The average molecular weight is 248 g/mol. The first-order chi connectivity index (χ1) is 8.53. The Morgan fingerprint density at radius 3 is 2.61 bits per heavy atom. The molecule has 3 N–H and O–H groups in total. The van der Waals surface area contributed by atoms with Crippen LogP contribution < -0.4 is 5.73 Å². The van der Waals surface area contributed by atoms with Crippen LogP contribution in [0.15, 0.2) is 30.3 Å². The van der Waals surface area contributed by atoms with E-state index in [0.29, 0.717) is 18.5 Å². The fourth-order valence-corrected chi connectivity index (χ4v) is 2.89. The third kappa shape index (κ3) is 2.91. The van der Waals surface area contributed by atoms with Gasteiger partial charge in [0.25, 0.3) is 0 Å². The van der Waals surface area contributed by atoms with Crippen LogP contribution in [-0.2, 0) is 5.60 Å². The summed E-state index contributed by atoms with van der Waals surface area (Å²) in [6.07, 6.45) is 1.14. The summed E-state index contributed by atoms with van der Waals surface area (Å²) < 4.78 is 0. The number of rotatable bonds is 4. The molecule has 1 aromatic carbocycles. The first-order valence-corrected chi connectivity index (χ1v) is 6.75. The van der Waals surface area contributed by atoms with Crippen LogP contribution in [0.3, 0.4) is 0 Å². The van der Waals surface area contributed by atoms with E-state index >= 15 is 0 Å². The van der Waals surface area contributed by atoms with Gasteiger partial charge in [0.15, 0.2) is 0 Å². The molecule has 1 saturated heterocycles. The third-order valence-electron chi connectivity index (χ3n) is 4.03. The van der Waals surface area contributed by atoms with Crippen molar-refractivity contribution in [3.63, 3.8) is 0 Å². The Balaban J connectivity index is 2.05. The second-order valence-corrected chi connectivity index (χ2v) is 5.76. The van der Waals surface area contributed by atoms with E-state index in [1.807, 2.05) is 37.3 Å². The standard InChI is InChI=1S/C15H24N2O/c1-12-8-13(9-16)10-17(12)11-15(2,18)14-6-4-3-5-7-14/h3-7,12-13,18H,8-11,16H2,1-2H3. The van der Waals surface area contributed by atoms with Gasteiger partial charge in [-0.05, 0) is 38.3 Å². The van der Waals surface area contributed by atoms with Crippen molar-refractivity contribution in [2.24, 2.45) is 11.7 Å². The van der Waals surface area contributed by atoms with Gasteiger partial charge >= 0.3 is 0 Å². The Morgan fingerprint density at radius 1 is 1.39 bits per heavy atom. The lowest BCUT2D eigenvalue weighted by Gasteiger charge is -2.32. The highest BCUT2D eigenvalue weighted by molar-refractivity contribution is 5.22. The molecule has 3 heteroatoms. The van der Waals surface area contributed by atoms with Crippen LogP contribution in [-0.4, -0.2) is 35.7 Å². The maximum Gasteiger partial charge on any atom is 0.0994 e. The summed E-state index contributed by atoms with van der Waals surface area (Å²) >= 11 is 0. The second-order valence-electron chi connectivity index (χ2n) is 5.76. The van der Waals surface area contributed by atoms with Crippen LogP contribution in [0, 0.1) is 5.92 Å². The largest absolute Gasteiger partial charge is 0.384 e. The fourth-order valence-electron chi connectivity index (χ4n) is 2.89. The SMILES string of the molecule is CC1CC(CN)CN1CC(C)(O)c1ccccc1. The normalized spacial score (nSPS) is 28.2. The number of β-amino-alcohol motifs (C(OH)–C–C–N with tert-alkyl or cyclic N) is 1. The summed E-state index contributed by atoms with van der Waals surface area (Å²) in [7, 11) is 0. The molecule has 2 rings (SSSR count). The second kappa shape index (κ2) is 5.39. The van der Waals surface area contributed by atoms with E-state index in [4.69, 9.17) is 5.73 Å². The van der Waals surface area contributed by atoms with Crippen molar-refractivity contribution in [3.8, 4) is 0 Å². The summed E-state index contributed by atoms with van der Waals surface area (Å²) in [4.78, 5) is 2.35. The van der Waals surface area contributed by atoms with Crippen molar-refractivity contribution in [1.82, 2.24) is 4.90 Å². The molecule has 0 amide bonds. The zero-order chi connectivity index (χ0) is 13.2. The van der Waals surface area contributed by atoms with Crippen molar-refractivity contribution in [2.45, 2.75) is 31.9 Å². The lowest BCUT2D eigenvalue weighted by atomic mass is 9.95. The van der Waals surface area contributed by atoms with E-state index in [1.54, 1.807) is 0 Å². The number of aliphatic hydroxyl groups is 1. The quantitative estimate of drug-likeness (QED) is 0.850. The summed E-state index contributed by atoms with van der Waals surface area (Å²) in [6, 6.07) is 10.4. The molecule has 1 aliphatic rings. The van der Waals surface area contributed by atoms with Crippen LogP contribution >= 0.6 is 0 Å². The highest BCUT2D eigenvalue weighted by Crippen LogP contribution is 2.28. The zero-order valence-electron chi connectivity index (χ0n) is 11.3. The first-order valence-electron chi connectivity index (χ1n) is 6.75. The number of benzene rings is 1. The van der Waals surface area contributed by atoms with Gasteiger partial charge in [0.1, 0.15) is 0 Å². The number of likely N-dealkylation sites (tertiary alicyclic amines) is 1. The molecule has 1 aliphatic heterocycles. The van der Waals surface area contributed by atoms with Crippen LogP contribution in [0.25, 0.3) is 0 Å². The van der Waals surface area contributed by atoms with Crippen LogP contribution in [0.1, 0.15) is 25.8 Å². The van der Waals surface area contributed by atoms with E-state index in [0.717, 1.165) is 25.1 Å². The zero-order valence-corrected chi connectivity index (χ0v) is 11.3. The van der Waals surface area contributed by atoms with Crippen molar-refractivity contribution in [1.29, 1.82) is 0 Å². The molecule has 0 saturated carbocycles. The minimum atomic E-state index is -0.793. The number of hydrogen-bond donors (Lipinski definition) is 2. The molecule has 3 unspecified atom stereocenters. The average Bonchev–Trinajstić information content (AvgIpc) is 2.71. The van der Waals surface area contributed by atoms with E-state index < -0.39 is 5.60 Å². The molecule has 18 heavy (non-hydrogen) atoms. The van der Waals surface area contributed by atoms with Crippen molar-refractivity contribution >= 4 is 0 Å². The predicted octanol–water partition coefficient (Wildman–Crippen LogP) is 1.56. The van der Waals surface area contributed by atoms with Gasteiger partial charge in [0, 0.05) is 19.1 Å². The van der Waals surface area contributed by atoms with Gasteiger partial charge in [0.05, 0.1) is 5.60 Å². The van der Waals surface area contributed by atoms with Gasteiger partial charge in [-0.1, -0.05) is 30.3 Å².